The number of benzene rings is 2. The Morgan fingerprint density at radius 3 is 2.56 bits per heavy atom. The minimum atomic E-state index is 0.392. The molecule has 0 aliphatic carbocycles. The van der Waals surface area contributed by atoms with Gasteiger partial charge in [0.25, 0.3) is 0 Å². The first-order valence-corrected chi connectivity index (χ1v) is 12.0. The fourth-order valence-electron chi connectivity index (χ4n) is 4.14. The van der Waals surface area contributed by atoms with Gasteiger partial charge in [0, 0.05) is 28.2 Å². The van der Waals surface area contributed by atoms with E-state index < -0.39 is 0 Å². The molecule has 2 aromatic heterocycles. The molecular weight excluding hydrogens is 471 g/mol. The molecule has 0 bridgehead atoms. The number of halogens is 2. The molecule has 0 unspecified atom stereocenters. The van der Waals surface area contributed by atoms with Gasteiger partial charge in [0.15, 0.2) is 0 Å². The fourth-order valence-corrected chi connectivity index (χ4v) is 4.75. The molecule has 1 aliphatic heterocycles. The third kappa shape index (κ3) is 5.06. The number of anilines is 2. The molecular formula is C25H24Cl2N6O. The maximum atomic E-state index is 6.39. The second-order valence-electron chi connectivity index (χ2n) is 8.30. The lowest BCUT2D eigenvalue weighted by Gasteiger charge is -2.14. The summed E-state index contributed by atoms with van der Waals surface area (Å²) in [6, 6.07) is 13.1. The fraction of sp³-hybridized carbons (Fsp3) is 0.280. The molecule has 0 atom stereocenters. The molecule has 174 valence electrons. The van der Waals surface area contributed by atoms with Crippen molar-refractivity contribution in [1.29, 1.82) is 0 Å². The third-order valence-corrected chi connectivity index (χ3v) is 6.48. The Hall–Kier alpha value is -3.00. The Labute approximate surface area is 208 Å². The van der Waals surface area contributed by atoms with E-state index in [1.807, 2.05) is 49.4 Å². The first-order valence-electron chi connectivity index (χ1n) is 11.2. The van der Waals surface area contributed by atoms with Crippen LogP contribution in [0.3, 0.4) is 0 Å². The minimum Gasteiger partial charge on any atom is -0.476 e. The van der Waals surface area contributed by atoms with Crippen molar-refractivity contribution in [3.8, 4) is 17.0 Å². The van der Waals surface area contributed by atoms with Crippen molar-refractivity contribution < 1.29 is 4.74 Å². The van der Waals surface area contributed by atoms with E-state index in [1.54, 1.807) is 6.20 Å². The highest BCUT2D eigenvalue weighted by atomic mass is 35.5. The zero-order chi connectivity index (χ0) is 23.5. The maximum Gasteiger partial charge on any atom is 0.247 e. The lowest BCUT2D eigenvalue weighted by Crippen LogP contribution is -2.25. The van der Waals surface area contributed by atoms with Crippen molar-refractivity contribution in [3.63, 3.8) is 0 Å². The summed E-state index contributed by atoms with van der Waals surface area (Å²) in [5.74, 6) is 0.993. The first kappa shape index (κ1) is 22.8. The number of aryl methyl sites for hydroxylation is 1. The molecule has 1 fully saturated rings. The SMILES string of the molecule is Cc1cc(-c2c(Cl)cccc2Cl)cc2nnc(Nc3ccc(OCCN4CCCC4)nc3)nc12. The molecule has 0 spiro atoms. The van der Waals surface area contributed by atoms with Crippen molar-refractivity contribution in [3.05, 3.63) is 64.3 Å². The topological polar surface area (TPSA) is 76.1 Å². The Morgan fingerprint density at radius 1 is 1.03 bits per heavy atom. The van der Waals surface area contributed by atoms with E-state index in [-0.39, 0.29) is 0 Å². The highest BCUT2D eigenvalue weighted by molar-refractivity contribution is 6.39. The van der Waals surface area contributed by atoms with Crippen molar-refractivity contribution in [2.45, 2.75) is 19.8 Å². The molecule has 3 heterocycles. The van der Waals surface area contributed by atoms with Crippen molar-refractivity contribution >= 4 is 45.9 Å². The maximum absolute atomic E-state index is 6.39. The van der Waals surface area contributed by atoms with Crippen LogP contribution in [-0.2, 0) is 0 Å². The number of ether oxygens (including phenoxy) is 1. The van der Waals surface area contributed by atoms with Gasteiger partial charge in [-0.25, -0.2) is 9.97 Å². The van der Waals surface area contributed by atoms with Gasteiger partial charge in [0.05, 0.1) is 17.4 Å². The quantitative estimate of drug-likeness (QED) is 0.341. The summed E-state index contributed by atoms with van der Waals surface area (Å²) in [7, 11) is 0. The number of aromatic nitrogens is 4. The van der Waals surface area contributed by atoms with Crippen molar-refractivity contribution in [2.75, 3.05) is 31.6 Å². The largest absolute Gasteiger partial charge is 0.476 e. The summed E-state index contributed by atoms with van der Waals surface area (Å²) in [4.78, 5) is 11.4. The number of nitrogens with zero attached hydrogens (tertiary/aromatic N) is 5. The van der Waals surface area contributed by atoms with E-state index in [9.17, 15) is 0 Å². The van der Waals surface area contributed by atoms with Crippen molar-refractivity contribution in [2.24, 2.45) is 0 Å². The number of rotatable bonds is 7. The predicted molar refractivity (Wildman–Crippen MR) is 136 cm³/mol. The molecule has 1 N–H and O–H groups in total. The van der Waals surface area contributed by atoms with Crippen LogP contribution in [-0.4, -0.2) is 51.3 Å². The molecule has 7 nitrogen and oxygen atoms in total. The van der Waals surface area contributed by atoms with E-state index in [4.69, 9.17) is 27.9 Å². The van der Waals surface area contributed by atoms with E-state index >= 15 is 0 Å². The van der Waals surface area contributed by atoms with Gasteiger partial charge in [-0.15, -0.1) is 10.2 Å². The molecule has 34 heavy (non-hydrogen) atoms. The van der Waals surface area contributed by atoms with Gasteiger partial charge in [0.1, 0.15) is 12.1 Å². The van der Waals surface area contributed by atoms with Crippen LogP contribution in [0.5, 0.6) is 5.88 Å². The molecule has 4 aromatic rings. The molecule has 5 rings (SSSR count). The second kappa shape index (κ2) is 10.1. The summed E-state index contributed by atoms with van der Waals surface area (Å²) < 4.78 is 5.77. The van der Waals surface area contributed by atoms with Crippen LogP contribution < -0.4 is 10.1 Å². The highest BCUT2D eigenvalue weighted by Crippen LogP contribution is 2.36. The van der Waals surface area contributed by atoms with E-state index in [2.05, 4.69) is 30.4 Å². The Bertz CT molecular complexity index is 1290. The van der Waals surface area contributed by atoms with Crippen LogP contribution in [0.25, 0.3) is 22.2 Å². The van der Waals surface area contributed by atoms with Crippen LogP contribution in [0.4, 0.5) is 11.6 Å². The summed E-state index contributed by atoms with van der Waals surface area (Å²) >= 11 is 12.8. The molecule has 1 saturated heterocycles. The zero-order valence-corrected chi connectivity index (χ0v) is 20.3. The Kier molecular flexibility index (Phi) is 6.76. The standard InChI is InChI=1S/C25H24Cl2N6O/c1-16-13-17(23-19(26)5-4-6-20(23)27)14-21-24(16)30-25(32-31-21)29-18-7-8-22(28-15-18)34-12-11-33-9-2-3-10-33/h4-8,13-15H,2-3,9-12H2,1H3,(H,29,30,32). The van der Waals surface area contributed by atoms with E-state index in [0.29, 0.717) is 34.0 Å². The van der Waals surface area contributed by atoms with Crippen LogP contribution in [0.2, 0.25) is 10.0 Å². The normalized spacial score (nSPS) is 14.0. The summed E-state index contributed by atoms with van der Waals surface area (Å²) in [5.41, 5.74) is 4.76. The molecule has 2 aromatic carbocycles. The zero-order valence-electron chi connectivity index (χ0n) is 18.8. The van der Waals surface area contributed by atoms with Crippen LogP contribution in [0, 0.1) is 6.92 Å². The van der Waals surface area contributed by atoms with Crippen LogP contribution >= 0.6 is 23.2 Å². The number of likely N-dealkylation sites (tertiary alicyclic amines) is 1. The second-order valence-corrected chi connectivity index (χ2v) is 9.11. The molecule has 0 saturated carbocycles. The summed E-state index contributed by atoms with van der Waals surface area (Å²) in [6.45, 7) is 5.87. The van der Waals surface area contributed by atoms with Gasteiger partial charge < -0.3 is 10.1 Å². The minimum absolute atomic E-state index is 0.392. The lowest BCUT2D eigenvalue weighted by atomic mass is 10.0. The highest BCUT2D eigenvalue weighted by Gasteiger charge is 2.13. The van der Waals surface area contributed by atoms with Gasteiger partial charge in [-0.1, -0.05) is 29.3 Å². The summed E-state index contributed by atoms with van der Waals surface area (Å²) in [5, 5.41) is 12.9. The third-order valence-electron chi connectivity index (χ3n) is 5.85. The monoisotopic (exact) mass is 494 g/mol. The number of nitrogens with one attached hydrogen (secondary N) is 1. The van der Waals surface area contributed by atoms with E-state index in [0.717, 1.165) is 47.5 Å². The predicted octanol–water partition coefficient (Wildman–Crippen LogP) is 5.92. The number of pyridine rings is 1. The molecule has 0 amide bonds. The smallest absolute Gasteiger partial charge is 0.247 e. The number of hydrogen-bond acceptors (Lipinski definition) is 7. The lowest BCUT2D eigenvalue weighted by molar-refractivity contribution is 0.232. The number of fused-ring (bicyclic) bond motifs is 1. The molecule has 0 radical (unpaired) electrons. The molecule has 1 aliphatic rings. The van der Waals surface area contributed by atoms with E-state index in [1.165, 1.54) is 12.8 Å². The Balaban J connectivity index is 1.29. The van der Waals surface area contributed by atoms with Gasteiger partial charge in [0.2, 0.25) is 11.8 Å². The first-order chi connectivity index (χ1) is 16.6. The van der Waals surface area contributed by atoms with Crippen LogP contribution in [0.15, 0.2) is 48.7 Å². The average Bonchev–Trinajstić information content (AvgIpc) is 3.34. The van der Waals surface area contributed by atoms with Gasteiger partial charge in [-0.3, -0.25) is 4.90 Å². The summed E-state index contributed by atoms with van der Waals surface area (Å²) in [6.07, 6.45) is 4.26. The number of hydrogen-bond donors (Lipinski definition) is 1. The van der Waals surface area contributed by atoms with Crippen LogP contribution in [0.1, 0.15) is 18.4 Å². The van der Waals surface area contributed by atoms with Gasteiger partial charge >= 0.3 is 0 Å². The van der Waals surface area contributed by atoms with Crippen molar-refractivity contribution in [1.82, 2.24) is 25.1 Å². The average molecular weight is 495 g/mol. The van der Waals surface area contributed by atoms with Gasteiger partial charge in [-0.05, 0) is 74.3 Å². The van der Waals surface area contributed by atoms with Gasteiger partial charge in [-0.2, -0.15) is 0 Å². The Morgan fingerprint density at radius 2 is 1.82 bits per heavy atom. The molecule has 9 heteroatoms.